The fraction of sp³-hybridized carbons (Fsp3) is 0.933. The third-order valence-corrected chi connectivity index (χ3v) is 13.4. The van der Waals surface area contributed by atoms with Gasteiger partial charge >= 0.3 is 0 Å². The molecular formula is C30H48O3. The molecule has 0 bridgehead atoms. The number of aliphatic hydroxyl groups is 1. The number of carbonyl (C=O) groups excluding carboxylic acids is 2. The van der Waals surface area contributed by atoms with E-state index in [1.165, 1.54) is 12.8 Å². The van der Waals surface area contributed by atoms with Gasteiger partial charge in [-0.2, -0.15) is 0 Å². The number of hydrogen-bond donors (Lipinski definition) is 1. The van der Waals surface area contributed by atoms with Crippen LogP contribution in [0.25, 0.3) is 0 Å². The standard InChI is InChI=1S/C30H48O3/c1-19-20(32)8-9-21-27(19,5)11-10-22-28(21,6)14-15-29(7)23-16-25(2,3)12-13-26(23,4)17-24(33)30(22,29)18-31/h19,21-23,31H,8-18H2,1-7H3/t19-,21+,22-,23+,26+,27+,28-,29-,30-/m0/s1. The summed E-state index contributed by atoms with van der Waals surface area (Å²) in [5.74, 6) is 2.09. The van der Waals surface area contributed by atoms with Gasteiger partial charge in [-0.3, -0.25) is 9.59 Å². The van der Waals surface area contributed by atoms with Crippen LogP contribution < -0.4 is 0 Å². The topological polar surface area (TPSA) is 54.4 Å². The second-order valence-electron chi connectivity index (χ2n) is 15.1. The zero-order valence-corrected chi connectivity index (χ0v) is 22.4. The van der Waals surface area contributed by atoms with E-state index >= 15 is 0 Å². The van der Waals surface area contributed by atoms with Gasteiger partial charge in [0.1, 0.15) is 11.6 Å². The Bertz CT molecular complexity index is 876. The Morgan fingerprint density at radius 1 is 0.818 bits per heavy atom. The smallest absolute Gasteiger partial charge is 0.142 e. The molecule has 5 fully saturated rings. The van der Waals surface area contributed by atoms with Crippen molar-refractivity contribution in [3.63, 3.8) is 0 Å². The van der Waals surface area contributed by atoms with E-state index in [1.807, 2.05) is 0 Å². The minimum Gasteiger partial charge on any atom is -0.395 e. The van der Waals surface area contributed by atoms with Crippen LogP contribution in [0.2, 0.25) is 0 Å². The lowest BCUT2D eigenvalue weighted by Crippen LogP contribution is -2.72. The molecule has 5 rings (SSSR count). The molecule has 0 saturated heterocycles. The predicted octanol–water partition coefficient (Wildman–Crippen LogP) is 6.61. The summed E-state index contributed by atoms with van der Waals surface area (Å²) in [4.78, 5) is 27.1. The maximum atomic E-state index is 14.3. The Balaban J connectivity index is 1.62. The van der Waals surface area contributed by atoms with E-state index in [-0.39, 0.29) is 40.1 Å². The summed E-state index contributed by atoms with van der Waals surface area (Å²) < 4.78 is 0. The molecule has 0 aromatic carbocycles. The van der Waals surface area contributed by atoms with Crippen LogP contribution >= 0.6 is 0 Å². The normalized spacial score (nSPS) is 55.8. The lowest BCUT2D eigenvalue weighted by atomic mass is 9.29. The number of ketones is 2. The van der Waals surface area contributed by atoms with Gasteiger partial charge in [0.2, 0.25) is 0 Å². The highest BCUT2D eigenvalue weighted by Crippen LogP contribution is 2.77. The molecular weight excluding hydrogens is 408 g/mol. The van der Waals surface area contributed by atoms with Gasteiger partial charge in [-0.1, -0.05) is 48.5 Å². The summed E-state index contributed by atoms with van der Waals surface area (Å²) in [5.41, 5.74) is -0.328. The Hall–Kier alpha value is -0.700. The summed E-state index contributed by atoms with van der Waals surface area (Å²) in [6.07, 6.45) is 9.98. The Labute approximate surface area is 201 Å². The summed E-state index contributed by atoms with van der Waals surface area (Å²) in [6.45, 7) is 16.6. The zero-order chi connectivity index (χ0) is 24.2. The van der Waals surface area contributed by atoms with E-state index < -0.39 is 5.41 Å². The van der Waals surface area contributed by atoms with Gasteiger partial charge in [-0.25, -0.2) is 0 Å². The fourth-order valence-electron chi connectivity index (χ4n) is 11.1. The Morgan fingerprint density at radius 2 is 1.52 bits per heavy atom. The molecule has 0 radical (unpaired) electrons. The van der Waals surface area contributed by atoms with Crippen molar-refractivity contribution in [3.8, 4) is 0 Å². The summed E-state index contributed by atoms with van der Waals surface area (Å²) in [6, 6.07) is 0. The first-order chi connectivity index (χ1) is 15.2. The monoisotopic (exact) mass is 456 g/mol. The second kappa shape index (κ2) is 6.95. The SMILES string of the molecule is C[C@H]1C(=O)CC[C@@H]2[C@]1(C)CC[C@H]1[C@@]2(C)CC[C@@]2(C)[C@@H]3CC(C)(C)CC[C@]3(C)CC(=O)[C@]12CO. The highest BCUT2D eigenvalue weighted by Gasteiger charge is 2.75. The van der Waals surface area contributed by atoms with Gasteiger partial charge in [-0.15, -0.1) is 0 Å². The molecule has 0 aromatic rings. The van der Waals surface area contributed by atoms with Crippen molar-refractivity contribution in [3.05, 3.63) is 0 Å². The number of hydrogen-bond acceptors (Lipinski definition) is 3. The first-order valence-electron chi connectivity index (χ1n) is 13.9. The van der Waals surface area contributed by atoms with Crippen molar-refractivity contribution >= 4 is 11.6 Å². The van der Waals surface area contributed by atoms with Crippen LogP contribution in [0.5, 0.6) is 0 Å². The van der Waals surface area contributed by atoms with Gasteiger partial charge in [0.25, 0.3) is 0 Å². The summed E-state index contributed by atoms with van der Waals surface area (Å²) in [7, 11) is 0. The molecule has 3 heteroatoms. The van der Waals surface area contributed by atoms with E-state index in [2.05, 4.69) is 48.5 Å². The largest absolute Gasteiger partial charge is 0.395 e. The van der Waals surface area contributed by atoms with Crippen molar-refractivity contribution in [2.75, 3.05) is 6.61 Å². The van der Waals surface area contributed by atoms with Crippen LogP contribution in [0, 0.1) is 56.2 Å². The summed E-state index contributed by atoms with van der Waals surface area (Å²) in [5, 5.41) is 11.2. The molecule has 33 heavy (non-hydrogen) atoms. The lowest BCUT2D eigenvalue weighted by Gasteiger charge is -2.74. The maximum absolute atomic E-state index is 14.3. The first kappa shape index (κ1) is 24.0. The zero-order valence-electron chi connectivity index (χ0n) is 22.4. The fourth-order valence-corrected chi connectivity index (χ4v) is 11.1. The molecule has 5 aliphatic carbocycles. The third-order valence-electron chi connectivity index (χ3n) is 13.4. The van der Waals surface area contributed by atoms with Crippen LogP contribution in [0.3, 0.4) is 0 Å². The van der Waals surface area contributed by atoms with Crippen LogP contribution in [0.1, 0.15) is 113 Å². The van der Waals surface area contributed by atoms with Gasteiger partial charge < -0.3 is 5.11 Å². The highest BCUT2D eigenvalue weighted by molar-refractivity contribution is 5.88. The molecule has 0 aromatic heterocycles. The molecule has 3 nitrogen and oxygen atoms in total. The predicted molar refractivity (Wildman–Crippen MR) is 132 cm³/mol. The van der Waals surface area contributed by atoms with Crippen molar-refractivity contribution in [1.29, 1.82) is 0 Å². The number of fused-ring (bicyclic) bond motifs is 7. The Morgan fingerprint density at radius 3 is 2.18 bits per heavy atom. The van der Waals surface area contributed by atoms with E-state index in [0.717, 1.165) is 38.5 Å². The van der Waals surface area contributed by atoms with Crippen LogP contribution in [-0.2, 0) is 9.59 Å². The molecule has 5 saturated carbocycles. The van der Waals surface area contributed by atoms with Crippen molar-refractivity contribution < 1.29 is 14.7 Å². The number of rotatable bonds is 1. The first-order valence-corrected chi connectivity index (χ1v) is 13.9. The average molecular weight is 457 g/mol. The molecule has 186 valence electrons. The van der Waals surface area contributed by atoms with Gasteiger partial charge in [0.15, 0.2) is 0 Å². The van der Waals surface area contributed by atoms with E-state index in [9.17, 15) is 14.7 Å². The van der Waals surface area contributed by atoms with E-state index in [1.54, 1.807) is 0 Å². The lowest BCUT2D eigenvalue weighted by molar-refractivity contribution is -0.256. The van der Waals surface area contributed by atoms with Crippen LogP contribution in [0.4, 0.5) is 0 Å². The van der Waals surface area contributed by atoms with Crippen molar-refractivity contribution in [2.24, 2.45) is 56.2 Å². The van der Waals surface area contributed by atoms with Gasteiger partial charge in [0.05, 0.1) is 12.0 Å². The average Bonchev–Trinajstić information content (AvgIpc) is 2.73. The number of Topliss-reactive ketones (excluding diaryl/α,β-unsaturated/α-hetero) is 2. The Kier molecular flexibility index (Phi) is 5.06. The van der Waals surface area contributed by atoms with Crippen LogP contribution in [0.15, 0.2) is 0 Å². The third kappa shape index (κ3) is 2.78. The van der Waals surface area contributed by atoms with Crippen molar-refractivity contribution in [2.45, 2.75) is 113 Å². The summed E-state index contributed by atoms with van der Waals surface area (Å²) >= 11 is 0. The number of aliphatic hydroxyl groups excluding tert-OH is 1. The minimum atomic E-state index is -0.621. The quantitative estimate of drug-likeness (QED) is 0.483. The second-order valence-corrected chi connectivity index (χ2v) is 15.1. The molecule has 1 N–H and O–H groups in total. The van der Waals surface area contributed by atoms with Gasteiger partial charge in [0, 0.05) is 18.8 Å². The van der Waals surface area contributed by atoms with E-state index in [4.69, 9.17) is 0 Å². The highest BCUT2D eigenvalue weighted by atomic mass is 16.3. The minimum absolute atomic E-state index is 0.00746. The maximum Gasteiger partial charge on any atom is 0.142 e. The van der Waals surface area contributed by atoms with Crippen LogP contribution in [-0.4, -0.2) is 23.3 Å². The molecule has 9 atom stereocenters. The molecule has 0 heterocycles. The number of carbonyl (C=O) groups is 2. The molecule has 0 unspecified atom stereocenters. The molecule has 0 amide bonds. The van der Waals surface area contributed by atoms with Gasteiger partial charge in [-0.05, 0) is 96.2 Å². The van der Waals surface area contributed by atoms with Crippen molar-refractivity contribution in [1.82, 2.24) is 0 Å². The molecule has 0 spiro atoms. The molecule has 0 aliphatic heterocycles. The molecule has 5 aliphatic rings. The van der Waals surface area contributed by atoms with E-state index in [0.29, 0.717) is 41.7 Å².